The van der Waals surface area contributed by atoms with Crippen LogP contribution in [0.5, 0.6) is 5.75 Å². The van der Waals surface area contributed by atoms with E-state index in [2.05, 4.69) is 5.10 Å². The molecule has 0 bridgehead atoms. The van der Waals surface area contributed by atoms with Crippen molar-refractivity contribution < 1.29 is 9.50 Å². The molecule has 5 heteroatoms. The topological polar surface area (TPSA) is 38.1 Å². The van der Waals surface area contributed by atoms with Gasteiger partial charge in [0.05, 0.1) is 11.9 Å². The van der Waals surface area contributed by atoms with Crippen molar-refractivity contribution in [2.75, 3.05) is 0 Å². The highest BCUT2D eigenvalue weighted by molar-refractivity contribution is 6.31. The van der Waals surface area contributed by atoms with Gasteiger partial charge in [-0.15, -0.1) is 0 Å². The van der Waals surface area contributed by atoms with Gasteiger partial charge in [-0.1, -0.05) is 17.7 Å². The molecular formula is C9H6ClFN2O. The zero-order chi connectivity index (χ0) is 10.1. The van der Waals surface area contributed by atoms with E-state index in [1.165, 1.54) is 23.0 Å². The minimum Gasteiger partial charge on any atom is -0.504 e. The van der Waals surface area contributed by atoms with E-state index in [1.54, 1.807) is 12.1 Å². The van der Waals surface area contributed by atoms with Gasteiger partial charge < -0.3 is 5.11 Å². The Morgan fingerprint density at radius 2 is 2.21 bits per heavy atom. The third-order valence-corrected chi connectivity index (χ3v) is 2.10. The summed E-state index contributed by atoms with van der Waals surface area (Å²) in [5.74, 6) is -0.510. The number of benzene rings is 1. The number of hydrogen-bond acceptors (Lipinski definition) is 2. The van der Waals surface area contributed by atoms with Crippen LogP contribution >= 0.6 is 11.6 Å². The summed E-state index contributed by atoms with van der Waals surface area (Å²) in [6.07, 6.45) is 1.20. The van der Waals surface area contributed by atoms with Crippen LogP contribution in [0.15, 0.2) is 30.5 Å². The van der Waals surface area contributed by atoms with Gasteiger partial charge in [-0.05, 0) is 18.2 Å². The Bertz CT molecular complexity index is 470. The Kier molecular flexibility index (Phi) is 2.13. The maximum atomic E-state index is 12.8. The zero-order valence-corrected chi connectivity index (χ0v) is 7.74. The predicted molar refractivity (Wildman–Crippen MR) is 50.2 cm³/mol. The summed E-state index contributed by atoms with van der Waals surface area (Å²) in [4.78, 5) is 0. The Morgan fingerprint density at radius 3 is 2.79 bits per heavy atom. The molecule has 0 saturated carbocycles. The summed E-state index contributed by atoms with van der Waals surface area (Å²) < 4.78 is 14.1. The smallest absolute Gasteiger partial charge is 0.174 e. The second-order valence-corrected chi connectivity index (χ2v) is 3.07. The van der Waals surface area contributed by atoms with Crippen molar-refractivity contribution in [3.63, 3.8) is 0 Å². The molecule has 0 saturated heterocycles. The van der Waals surface area contributed by atoms with Crippen LogP contribution in [-0.4, -0.2) is 14.9 Å². The van der Waals surface area contributed by atoms with Crippen LogP contribution < -0.4 is 0 Å². The summed E-state index contributed by atoms with van der Waals surface area (Å²) in [7, 11) is 0. The first kappa shape index (κ1) is 9.02. The fourth-order valence-corrected chi connectivity index (χ4v) is 1.30. The minimum absolute atomic E-state index is 0.0654. The van der Waals surface area contributed by atoms with E-state index in [-0.39, 0.29) is 16.7 Å². The fraction of sp³-hybridized carbons (Fsp3) is 0. The van der Waals surface area contributed by atoms with Gasteiger partial charge in [-0.25, -0.2) is 9.07 Å². The van der Waals surface area contributed by atoms with E-state index < -0.39 is 0 Å². The zero-order valence-electron chi connectivity index (χ0n) is 6.98. The van der Waals surface area contributed by atoms with Crippen molar-refractivity contribution in [3.05, 3.63) is 41.4 Å². The number of halogens is 2. The molecular weight excluding hydrogens is 207 g/mol. The summed E-state index contributed by atoms with van der Waals surface area (Å²) in [5, 5.41) is 13.0. The normalized spacial score (nSPS) is 10.4. The van der Waals surface area contributed by atoms with Crippen LogP contribution in [0.1, 0.15) is 0 Å². The second kappa shape index (κ2) is 3.31. The lowest BCUT2D eigenvalue weighted by molar-refractivity contribution is 0.475. The highest BCUT2D eigenvalue weighted by Crippen LogP contribution is 2.25. The number of aromatic nitrogens is 2. The van der Waals surface area contributed by atoms with E-state index in [0.29, 0.717) is 5.69 Å². The molecule has 1 aromatic carbocycles. The molecule has 0 spiro atoms. The molecule has 1 aromatic heterocycles. The standard InChI is InChI=1S/C9H6ClFN2O/c10-9-8(14)5-12-13(9)7-3-1-2-6(11)4-7/h1-5,14H. The van der Waals surface area contributed by atoms with Crippen molar-refractivity contribution in [1.29, 1.82) is 0 Å². The molecule has 2 aromatic rings. The molecule has 0 aliphatic heterocycles. The monoisotopic (exact) mass is 212 g/mol. The van der Waals surface area contributed by atoms with E-state index >= 15 is 0 Å². The molecule has 0 unspecified atom stereocenters. The number of hydrogen-bond donors (Lipinski definition) is 1. The lowest BCUT2D eigenvalue weighted by atomic mass is 10.3. The molecule has 14 heavy (non-hydrogen) atoms. The third kappa shape index (κ3) is 1.44. The summed E-state index contributed by atoms with van der Waals surface area (Å²) in [5.41, 5.74) is 0.468. The largest absolute Gasteiger partial charge is 0.504 e. The van der Waals surface area contributed by atoms with Gasteiger partial charge in [0.1, 0.15) is 5.82 Å². The van der Waals surface area contributed by atoms with Crippen molar-refractivity contribution in [1.82, 2.24) is 9.78 Å². The van der Waals surface area contributed by atoms with Crippen molar-refractivity contribution in [2.24, 2.45) is 0 Å². The second-order valence-electron chi connectivity index (χ2n) is 2.71. The van der Waals surface area contributed by atoms with Gasteiger partial charge in [0.15, 0.2) is 10.9 Å². The molecule has 1 heterocycles. The predicted octanol–water partition coefficient (Wildman–Crippen LogP) is 2.37. The first-order chi connectivity index (χ1) is 6.68. The summed E-state index contributed by atoms with van der Waals surface area (Å²) >= 11 is 5.72. The molecule has 0 aliphatic carbocycles. The van der Waals surface area contributed by atoms with Gasteiger partial charge in [-0.2, -0.15) is 5.10 Å². The lowest BCUT2D eigenvalue weighted by Gasteiger charge is -2.01. The number of rotatable bonds is 1. The van der Waals surface area contributed by atoms with E-state index in [4.69, 9.17) is 16.7 Å². The Labute approximate surface area is 84.4 Å². The van der Waals surface area contributed by atoms with Crippen molar-refractivity contribution >= 4 is 11.6 Å². The molecule has 0 fully saturated rings. The molecule has 0 aliphatic rings. The Morgan fingerprint density at radius 1 is 1.43 bits per heavy atom. The van der Waals surface area contributed by atoms with Gasteiger partial charge >= 0.3 is 0 Å². The average Bonchev–Trinajstić information content (AvgIpc) is 2.48. The van der Waals surface area contributed by atoms with Gasteiger partial charge in [-0.3, -0.25) is 0 Å². The average molecular weight is 213 g/mol. The minimum atomic E-state index is -0.381. The number of aromatic hydroxyl groups is 1. The van der Waals surface area contributed by atoms with Crippen LogP contribution in [0.4, 0.5) is 4.39 Å². The maximum absolute atomic E-state index is 12.8. The van der Waals surface area contributed by atoms with E-state index in [0.717, 1.165) is 0 Å². The maximum Gasteiger partial charge on any atom is 0.174 e. The van der Waals surface area contributed by atoms with Crippen molar-refractivity contribution in [2.45, 2.75) is 0 Å². The van der Waals surface area contributed by atoms with Crippen LogP contribution in [0.2, 0.25) is 5.15 Å². The SMILES string of the molecule is Oc1cnn(-c2cccc(F)c2)c1Cl. The first-order valence-electron chi connectivity index (χ1n) is 3.87. The van der Waals surface area contributed by atoms with Crippen LogP contribution in [0, 0.1) is 5.82 Å². The van der Waals surface area contributed by atoms with Crippen LogP contribution in [-0.2, 0) is 0 Å². The Balaban J connectivity index is 2.55. The molecule has 72 valence electrons. The summed E-state index contributed by atoms with van der Waals surface area (Å²) in [6.45, 7) is 0. The fourth-order valence-electron chi connectivity index (χ4n) is 1.11. The van der Waals surface area contributed by atoms with E-state index in [9.17, 15) is 4.39 Å². The van der Waals surface area contributed by atoms with Crippen LogP contribution in [0.25, 0.3) is 5.69 Å². The van der Waals surface area contributed by atoms with Gasteiger partial charge in [0, 0.05) is 0 Å². The van der Waals surface area contributed by atoms with Gasteiger partial charge in [0.2, 0.25) is 0 Å². The lowest BCUT2D eigenvalue weighted by Crippen LogP contribution is -1.96. The molecule has 0 radical (unpaired) electrons. The number of nitrogens with zero attached hydrogens (tertiary/aromatic N) is 2. The molecule has 0 atom stereocenters. The highest BCUT2D eigenvalue weighted by Gasteiger charge is 2.08. The molecule has 1 N–H and O–H groups in total. The van der Waals surface area contributed by atoms with E-state index in [1.807, 2.05) is 0 Å². The van der Waals surface area contributed by atoms with Gasteiger partial charge in [0.25, 0.3) is 0 Å². The molecule has 0 amide bonds. The molecule has 3 nitrogen and oxygen atoms in total. The van der Waals surface area contributed by atoms with Crippen LogP contribution in [0.3, 0.4) is 0 Å². The first-order valence-corrected chi connectivity index (χ1v) is 4.24. The summed E-state index contributed by atoms with van der Waals surface area (Å²) in [6, 6.07) is 5.78. The quantitative estimate of drug-likeness (QED) is 0.788. The third-order valence-electron chi connectivity index (χ3n) is 1.75. The molecule has 2 rings (SSSR count). The highest BCUT2D eigenvalue weighted by atomic mass is 35.5. The Hall–Kier alpha value is -1.55. The van der Waals surface area contributed by atoms with Crippen molar-refractivity contribution in [3.8, 4) is 11.4 Å².